The highest BCUT2D eigenvalue weighted by molar-refractivity contribution is 5.27. The fourth-order valence-corrected chi connectivity index (χ4v) is 3.14. The van der Waals surface area contributed by atoms with Gasteiger partial charge in [-0.1, -0.05) is 65.3 Å². The third-order valence-electron chi connectivity index (χ3n) is 4.97. The minimum Gasteiger partial charge on any atom is -0.494 e. The summed E-state index contributed by atoms with van der Waals surface area (Å²) in [5.74, 6) is 2.72. The molecule has 2 N–H and O–H groups in total. The van der Waals surface area contributed by atoms with Crippen LogP contribution < -0.4 is 20.1 Å². The minimum absolute atomic E-state index is 0.729. The number of ether oxygens (including phenoxy) is 2. The predicted octanol–water partition coefficient (Wildman–Crippen LogP) is 7.61. The Bertz CT molecular complexity index is 669. The summed E-state index contributed by atoms with van der Waals surface area (Å²) in [5, 5.41) is 6.88. The lowest BCUT2D eigenvalue weighted by Gasteiger charge is -2.07. The van der Waals surface area contributed by atoms with E-state index in [4.69, 9.17) is 9.47 Å². The SMILES string of the molecule is CC.CCCCNCc1ccc(OCC)cc1.CCOc1ccc(CNCCCC(C)C)cc1. The van der Waals surface area contributed by atoms with Crippen LogP contribution in [0.15, 0.2) is 48.5 Å². The Labute approximate surface area is 210 Å². The highest BCUT2D eigenvalue weighted by Crippen LogP contribution is 2.12. The molecule has 0 atom stereocenters. The average Bonchev–Trinajstić information content (AvgIpc) is 2.85. The first-order valence-corrected chi connectivity index (χ1v) is 13.4. The molecule has 4 heteroatoms. The Morgan fingerprint density at radius 2 is 1.06 bits per heavy atom. The maximum Gasteiger partial charge on any atom is 0.119 e. The van der Waals surface area contributed by atoms with Crippen LogP contribution in [0, 0.1) is 5.92 Å². The standard InChI is InChI=1S/C15H25NO.C13H21NO.C2H6/c1-4-17-15-9-7-14(8-10-15)12-16-11-5-6-13(2)3;1-3-5-10-14-11-12-6-8-13(9-7-12)15-4-2;1-2/h7-10,13,16H,4-6,11-12H2,1-3H3;6-9,14H,3-5,10-11H2,1-2H3;1-2H3. The van der Waals surface area contributed by atoms with E-state index < -0.39 is 0 Å². The summed E-state index contributed by atoms with van der Waals surface area (Å²) in [6.45, 7) is 20.3. The largest absolute Gasteiger partial charge is 0.494 e. The highest BCUT2D eigenvalue weighted by atomic mass is 16.5. The quantitative estimate of drug-likeness (QED) is 0.262. The molecule has 0 unspecified atom stereocenters. The van der Waals surface area contributed by atoms with E-state index in [0.717, 1.165) is 56.8 Å². The Morgan fingerprint density at radius 1 is 0.647 bits per heavy atom. The van der Waals surface area contributed by atoms with Crippen molar-refractivity contribution in [2.24, 2.45) is 5.92 Å². The van der Waals surface area contributed by atoms with Crippen LogP contribution in [-0.4, -0.2) is 26.3 Å². The monoisotopic (exact) mass is 472 g/mol. The molecule has 0 saturated carbocycles. The first kappa shape index (κ1) is 32.0. The molecule has 34 heavy (non-hydrogen) atoms. The van der Waals surface area contributed by atoms with Gasteiger partial charge < -0.3 is 20.1 Å². The Hall–Kier alpha value is -2.04. The molecule has 0 spiro atoms. The summed E-state index contributed by atoms with van der Waals surface area (Å²) in [6, 6.07) is 16.6. The van der Waals surface area contributed by atoms with Gasteiger partial charge in [-0.2, -0.15) is 0 Å². The van der Waals surface area contributed by atoms with Gasteiger partial charge in [0.05, 0.1) is 13.2 Å². The summed E-state index contributed by atoms with van der Waals surface area (Å²) in [7, 11) is 0. The summed E-state index contributed by atoms with van der Waals surface area (Å²) in [6.07, 6.45) is 5.05. The lowest BCUT2D eigenvalue weighted by Crippen LogP contribution is -2.15. The zero-order chi connectivity index (χ0) is 25.4. The van der Waals surface area contributed by atoms with Crippen molar-refractivity contribution in [2.45, 2.75) is 87.2 Å². The van der Waals surface area contributed by atoms with Crippen LogP contribution >= 0.6 is 0 Å². The molecule has 194 valence electrons. The van der Waals surface area contributed by atoms with Crippen LogP contribution in [0.5, 0.6) is 11.5 Å². The van der Waals surface area contributed by atoms with E-state index in [9.17, 15) is 0 Å². The normalized spacial score (nSPS) is 10.1. The van der Waals surface area contributed by atoms with Gasteiger partial charge in [0.1, 0.15) is 11.5 Å². The highest BCUT2D eigenvalue weighted by Gasteiger charge is 1.97. The summed E-state index contributed by atoms with van der Waals surface area (Å²) in [5.41, 5.74) is 2.63. The van der Waals surface area contributed by atoms with Crippen LogP contribution in [-0.2, 0) is 13.1 Å². The molecule has 0 aliphatic rings. The molecule has 2 aromatic rings. The van der Waals surface area contributed by atoms with E-state index in [1.54, 1.807) is 0 Å². The third kappa shape index (κ3) is 17.4. The Morgan fingerprint density at radius 3 is 1.41 bits per heavy atom. The average molecular weight is 473 g/mol. The van der Waals surface area contributed by atoms with Crippen LogP contribution in [0.4, 0.5) is 0 Å². The van der Waals surface area contributed by atoms with Gasteiger partial charge in [-0.05, 0) is 87.5 Å². The van der Waals surface area contributed by atoms with E-state index in [-0.39, 0.29) is 0 Å². The van der Waals surface area contributed by atoms with Crippen LogP contribution in [0.25, 0.3) is 0 Å². The molecule has 0 heterocycles. The first-order chi connectivity index (χ1) is 16.6. The zero-order valence-corrected chi connectivity index (χ0v) is 23.1. The van der Waals surface area contributed by atoms with Gasteiger partial charge in [-0.15, -0.1) is 0 Å². The topological polar surface area (TPSA) is 42.5 Å². The van der Waals surface area contributed by atoms with Crippen molar-refractivity contribution in [3.63, 3.8) is 0 Å². The Kier molecular flexibility index (Phi) is 21.4. The summed E-state index contributed by atoms with van der Waals surface area (Å²) >= 11 is 0. The van der Waals surface area contributed by atoms with Crippen molar-refractivity contribution in [1.29, 1.82) is 0 Å². The smallest absolute Gasteiger partial charge is 0.119 e. The van der Waals surface area contributed by atoms with E-state index in [2.05, 4.69) is 55.7 Å². The second kappa shape index (κ2) is 22.7. The van der Waals surface area contributed by atoms with Gasteiger partial charge in [-0.25, -0.2) is 0 Å². The lowest BCUT2D eigenvalue weighted by molar-refractivity contribution is 0.340. The van der Waals surface area contributed by atoms with Crippen molar-refractivity contribution in [3.8, 4) is 11.5 Å². The number of hydrogen-bond donors (Lipinski definition) is 2. The molecule has 0 aliphatic heterocycles. The van der Waals surface area contributed by atoms with Crippen molar-refractivity contribution in [2.75, 3.05) is 26.3 Å². The number of hydrogen-bond acceptors (Lipinski definition) is 4. The molecule has 0 bridgehead atoms. The van der Waals surface area contributed by atoms with Crippen LogP contribution in [0.1, 0.15) is 85.3 Å². The van der Waals surface area contributed by atoms with Crippen molar-refractivity contribution < 1.29 is 9.47 Å². The number of benzene rings is 2. The van der Waals surface area contributed by atoms with E-state index in [1.807, 2.05) is 52.0 Å². The second-order valence-corrected chi connectivity index (χ2v) is 8.40. The predicted molar refractivity (Wildman–Crippen MR) is 149 cm³/mol. The number of rotatable bonds is 15. The van der Waals surface area contributed by atoms with Crippen molar-refractivity contribution in [1.82, 2.24) is 10.6 Å². The van der Waals surface area contributed by atoms with Crippen LogP contribution in [0.3, 0.4) is 0 Å². The molecule has 2 rings (SSSR count). The molecule has 0 aliphatic carbocycles. The van der Waals surface area contributed by atoms with E-state index in [0.29, 0.717) is 0 Å². The molecule has 4 nitrogen and oxygen atoms in total. The molecule has 0 radical (unpaired) electrons. The molecule has 0 aromatic heterocycles. The van der Waals surface area contributed by atoms with Crippen molar-refractivity contribution >= 4 is 0 Å². The first-order valence-electron chi connectivity index (χ1n) is 13.4. The number of nitrogens with one attached hydrogen (secondary N) is 2. The minimum atomic E-state index is 0.729. The molecular formula is C30H52N2O2. The van der Waals surface area contributed by atoms with E-state index in [1.165, 1.54) is 36.8 Å². The zero-order valence-electron chi connectivity index (χ0n) is 23.1. The summed E-state index contributed by atoms with van der Waals surface area (Å²) < 4.78 is 10.8. The fourth-order valence-electron chi connectivity index (χ4n) is 3.14. The molecule has 0 fully saturated rings. The van der Waals surface area contributed by atoms with E-state index >= 15 is 0 Å². The van der Waals surface area contributed by atoms with Gasteiger partial charge in [0.25, 0.3) is 0 Å². The van der Waals surface area contributed by atoms with Gasteiger partial charge in [0.15, 0.2) is 0 Å². The van der Waals surface area contributed by atoms with Crippen LogP contribution in [0.2, 0.25) is 0 Å². The molecule has 0 saturated heterocycles. The molecule has 2 aromatic carbocycles. The number of unbranched alkanes of at least 4 members (excludes halogenated alkanes) is 1. The van der Waals surface area contributed by atoms with Crippen molar-refractivity contribution in [3.05, 3.63) is 59.7 Å². The van der Waals surface area contributed by atoms with Gasteiger partial charge in [0.2, 0.25) is 0 Å². The fraction of sp³-hybridized carbons (Fsp3) is 0.600. The van der Waals surface area contributed by atoms with Gasteiger partial charge >= 0.3 is 0 Å². The second-order valence-electron chi connectivity index (χ2n) is 8.40. The van der Waals surface area contributed by atoms with Gasteiger partial charge in [0, 0.05) is 13.1 Å². The maximum atomic E-state index is 5.41. The van der Waals surface area contributed by atoms with Gasteiger partial charge in [-0.3, -0.25) is 0 Å². The lowest BCUT2D eigenvalue weighted by atomic mass is 10.1. The molecule has 0 amide bonds. The Balaban J connectivity index is 0.000000601. The third-order valence-corrected chi connectivity index (χ3v) is 4.97. The molecular weight excluding hydrogens is 420 g/mol. The maximum absolute atomic E-state index is 5.41. The summed E-state index contributed by atoms with van der Waals surface area (Å²) in [4.78, 5) is 0.